The van der Waals surface area contributed by atoms with Gasteiger partial charge in [-0.25, -0.2) is 0 Å². The van der Waals surface area contributed by atoms with Crippen molar-refractivity contribution in [2.24, 2.45) is 23.0 Å². The Hall–Kier alpha value is -1.55. The summed E-state index contributed by atoms with van der Waals surface area (Å²) in [6.07, 6.45) is 1.75. The van der Waals surface area contributed by atoms with Gasteiger partial charge in [0.2, 0.25) is 5.91 Å². The number of rotatable bonds is 3. The van der Waals surface area contributed by atoms with E-state index in [2.05, 4.69) is 26.1 Å². The Morgan fingerprint density at radius 1 is 1.38 bits per heavy atom. The molecule has 1 aromatic rings. The van der Waals surface area contributed by atoms with Gasteiger partial charge in [0.15, 0.2) is 0 Å². The lowest BCUT2D eigenvalue weighted by Crippen LogP contribution is -2.50. The summed E-state index contributed by atoms with van der Waals surface area (Å²) in [6, 6.07) is 7.63. The SMILES string of the molecule is COc1cccc(NC(=O)C2CCC(N)C(C)C2(C)C)c1. The molecule has 3 unspecified atom stereocenters. The number of anilines is 1. The van der Waals surface area contributed by atoms with E-state index in [1.54, 1.807) is 7.11 Å². The maximum atomic E-state index is 12.6. The highest BCUT2D eigenvalue weighted by Gasteiger charge is 2.44. The second-order valence-corrected chi connectivity index (χ2v) is 6.63. The van der Waals surface area contributed by atoms with Crippen LogP contribution in [0.5, 0.6) is 5.75 Å². The third kappa shape index (κ3) is 3.21. The number of methoxy groups -OCH3 is 1. The maximum absolute atomic E-state index is 12.6. The Morgan fingerprint density at radius 3 is 2.76 bits per heavy atom. The van der Waals surface area contributed by atoms with Crippen LogP contribution in [0.1, 0.15) is 33.6 Å². The highest BCUT2D eigenvalue weighted by Crippen LogP contribution is 2.44. The zero-order valence-corrected chi connectivity index (χ0v) is 13.3. The molecule has 1 fully saturated rings. The van der Waals surface area contributed by atoms with Crippen LogP contribution in [0.3, 0.4) is 0 Å². The number of benzene rings is 1. The molecule has 0 aliphatic heterocycles. The quantitative estimate of drug-likeness (QED) is 0.899. The third-order valence-corrected chi connectivity index (χ3v) is 5.16. The van der Waals surface area contributed by atoms with E-state index in [1.165, 1.54) is 0 Å². The first-order valence-electron chi connectivity index (χ1n) is 7.56. The Bertz CT molecular complexity index is 513. The molecule has 4 heteroatoms. The highest BCUT2D eigenvalue weighted by atomic mass is 16.5. The number of ether oxygens (including phenoxy) is 1. The number of amides is 1. The molecule has 116 valence electrons. The molecule has 21 heavy (non-hydrogen) atoms. The standard InChI is InChI=1S/C17H26N2O2/c1-11-15(18)9-8-14(17(11,2)3)16(20)19-12-6-5-7-13(10-12)21-4/h5-7,10-11,14-15H,8-9,18H2,1-4H3,(H,19,20). The van der Waals surface area contributed by atoms with Crippen molar-refractivity contribution < 1.29 is 9.53 Å². The third-order valence-electron chi connectivity index (χ3n) is 5.16. The topological polar surface area (TPSA) is 64.3 Å². The minimum atomic E-state index is -0.0966. The van der Waals surface area contributed by atoms with Gasteiger partial charge in [0.25, 0.3) is 0 Å². The Labute approximate surface area is 127 Å². The number of hydrogen-bond acceptors (Lipinski definition) is 3. The van der Waals surface area contributed by atoms with Crippen LogP contribution < -0.4 is 15.8 Å². The number of carbonyl (C=O) groups excluding carboxylic acids is 1. The van der Waals surface area contributed by atoms with E-state index >= 15 is 0 Å². The zero-order chi connectivity index (χ0) is 15.6. The maximum Gasteiger partial charge on any atom is 0.228 e. The van der Waals surface area contributed by atoms with Gasteiger partial charge in [-0.3, -0.25) is 4.79 Å². The molecule has 4 nitrogen and oxygen atoms in total. The van der Waals surface area contributed by atoms with Crippen LogP contribution in [0.2, 0.25) is 0 Å². The Balaban J connectivity index is 2.12. The minimum absolute atomic E-state index is 0.0153. The van der Waals surface area contributed by atoms with E-state index in [0.29, 0.717) is 5.92 Å². The van der Waals surface area contributed by atoms with Crippen LogP contribution in [-0.2, 0) is 4.79 Å². The summed E-state index contributed by atoms with van der Waals surface area (Å²) in [5.74, 6) is 1.13. The van der Waals surface area contributed by atoms with E-state index < -0.39 is 0 Å². The Morgan fingerprint density at radius 2 is 2.10 bits per heavy atom. The predicted octanol–water partition coefficient (Wildman–Crippen LogP) is 3.03. The fourth-order valence-corrected chi connectivity index (χ4v) is 3.25. The first kappa shape index (κ1) is 15.8. The fourth-order valence-electron chi connectivity index (χ4n) is 3.25. The van der Waals surface area contributed by atoms with Gasteiger partial charge in [0.1, 0.15) is 5.75 Å². The molecule has 1 amide bonds. The van der Waals surface area contributed by atoms with Crippen molar-refractivity contribution in [2.75, 3.05) is 12.4 Å². The van der Waals surface area contributed by atoms with Crippen LogP contribution >= 0.6 is 0 Å². The monoisotopic (exact) mass is 290 g/mol. The molecular weight excluding hydrogens is 264 g/mol. The van der Waals surface area contributed by atoms with Gasteiger partial charge in [-0.15, -0.1) is 0 Å². The molecule has 1 saturated carbocycles. The van der Waals surface area contributed by atoms with Gasteiger partial charge in [0, 0.05) is 23.7 Å². The molecular formula is C17H26N2O2. The van der Waals surface area contributed by atoms with E-state index in [4.69, 9.17) is 10.5 Å². The summed E-state index contributed by atoms with van der Waals surface area (Å²) in [4.78, 5) is 12.6. The van der Waals surface area contributed by atoms with Crippen LogP contribution in [0, 0.1) is 17.3 Å². The fraction of sp³-hybridized carbons (Fsp3) is 0.588. The van der Waals surface area contributed by atoms with E-state index in [1.807, 2.05) is 24.3 Å². The molecule has 0 saturated heterocycles. The molecule has 1 aliphatic rings. The van der Waals surface area contributed by atoms with E-state index in [9.17, 15) is 4.79 Å². The molecule has 0 bridgehead atoms. The van der Waals surface area contributed by atoms with Crippen LogP contribution in [0.25, 0.3) is 0 Å². The van der Waals surface area contributed by atoms with Gasteiger partial charge in [-0.05, 0) is 36.3 Å². The van der Waals surface area contributed by atoms with E-state index in [-0.39, 0.29) is 23.3 Å². The Kier molecular flexibility index (Phi) is 4.57. The van der Waals surface area contributed by atoms with Crippen LogP contribution in [-0.4, -0.2) is 19.1 Å². The smallest absolute Gasteiger partial charge is 0.228 e. The normalized spacial score (nSPS) is 28.0. The molecule has 2 rings (SSSR count). The first-order valence-corrected chi connectivity index (χ1v) is 7.56. The molecule has 0 spiro atoms. The molecule has 1 aliphatic carbocycles. The van der Waals surface area contributed by atoms with Gasteiger partial charge in [-0.1, -0.05) is 26.8 Å². The zero-order valence-electron chi connectivity index (χ0n) is 13.3. The van der Waals surface area contributed by atoms with Gasteiger partial charge in [-0.2, -0.15) is 0 Å². The van der Waals surface area contributed by atoms with Gasteiger partial charge < -0.3 is 15.8 Å². The second-order valence-electron chi connectivity index (χ2n) is 6.63. The van der Waals surface area contributed by atoms with Gasteiger partial charge >= 0.3 is 0 Å². The van der Waals surface area contributed by atoms with Crippen molar-refractivity contribution in [1.29, 1.82) is 0 Å². The van der Waals surface area contributed by atoms with Crippen molar-refractivity contribution in [2.45, 2.75) is 39.7 Å². The van der Waals surface area contributed by atoms with Crippen LogP contribution in [0.4, 0.5) is 5.69 Å². The second kappa shape index (κ2) is 6.06. The van der Waals surface area contributed by atoms with Crippen molar-refractivity contribution in [3.05, 3.63) is 24.3 Å². The number of nitrogens with two attached hydrogens (primary N) is 1. The predicted molar refractivity (Wildman–Crippen MR) is 85.3 cm³/mol. The average molecular weight is 290 g/mol. The summed E-state index contributed by atoms with van der Waals surface area (Å²) in [5.41, 5.74) is 6.84. The molecule has 3 N–H and O–H groups in total. The van der Waals surface area contributed by atoms with Crippen LogP contribution in [0.15, 0.2) is 24.3 Å². The molecule has 0 radical (unpaired) electrons. The average Bonchev–Trinajstić information content (AvgIpc) is 2.45. The highest BCUT2D eigenvalue weighted by molar-refractivity contribution is 5.93. The lowest BCUT2D eigenvalue weighted by atomic mass is 9.61. The van der Waals surface area contributed by atoms with Crippen molar-refractivity contribution >= 4 is 11.6 Å². The number of hydrogen-bond donors (Lipinski definition) is 2. The van der Waals surface area contributed by atoms with E-state index in [0.717, 1.165) is 24.3 Å². The molecule has 3 atom stereocenters. The summed E-state index contributed by atoms with van der Waals surface area (Å²) >= 11 is 0. The molecule has 1 aromatic carbocycles. The van der Waals surface area contributed by atoms with Crippen molar-refractivity contribution in [1.82, 2.24) is 0 Å². The number of carbonyl (C=O) groups is 1. The lowest BCUT2D eigenvalue weighted by molar-refractivity contribution is -0.127. The largest absolute Gasteiger partial charge is 0.497 e. The van der Waals surface area contributed by atoms with Crippen molar-refractivity contribution in [3.63, 3.8) is 0 Å². The summed E-state index contributed by atoms with van der Waals surface area (Å²) < 4.78 is 5.19. The minimum Gasteiger partial charge on any atom is -0.497 e. The number of nitrogens with one attached hydrogen (secondary N) is 1. The summed E-state index contributed by atoms with van der Waals surface area (Å²) in [7, 11) is 1.62. The lowest BCUT2D eigenvalue weighted by Gasteiger charge is -2.46. The summed E-state index contributed by atoms with van der Waals surface area (Å²) in [6.45, 7) is 6.44. The molecule has 0 heterocycles. The van der Waals surface area contributed by atoms with Gasteiger partial charge in [0.05, 0.1) is 7.11 Å². The van der Waals surface area contributed by atoms with Crippen molar-refractivity contribution in [3.8, 4) is 5.75 Å². The summed E-state index contributed by atoms with van der Waals surface area (Å²) in [5, 5.41) is 3.02. The molecule has 0 aromatic heterocycles. The first-order chi connectivity index (χ1) is 9.86.